The Morgan fingerprint density at radius 2 is 2.03 bits per heavy atom. The number of likely N-dealkylation sites (N-methyl/N-ethyl adjacent to an activating group) is 1. The summed E-state index contributed by atoms with van der Waals surface area (Å²) in [6.45, 7) is 1.49. The first-order valence-corrected chi connectivity index (χ1v) is 11.4. The van der Waals surface area contributed by atoms with Crippen molar-refractivity contribution in [2.75, 3.05) is 37.4 Å². The molecule has 8 nitrogen and oxygen atoms in total. The van der Waals surface area contributed by atoms with E-state index < -0.39 is 5.82 Å². The highest BCUT2D eigenvalue weighted by molar-refractivity contribution is 5.92. The molecule has 0 bridgehead atoms. The Hall–Kier alpha value is -3.61. The number of benzene rings is 1. The molecule has 1 fully saturated rings. The van der Waals surface area contributed by atoms with Crippen LogP contribution in [0.4, 0.5) is 16.2 Å². The molecule has 34 heavy (non-hydrogen) atoms. The number of nitrogens with zero attached hydrogens (tertiary/aromatic N) is 4. The SMILES string of the molecule is CNc1nc(N2CCC(N)CC2)nc(-c2ccc(C#N)c(F)c2)c1C1=CC(C=N)C(NC)C=C1. The van der Waals surface area contributed by atoms with Gasteiger partial charge in [0.2, 0.25) is 5.95 Å². The molecule has 5 N–H and O–H groups in total. The van der Waals surface area contributed by atoms with Crippen LogP contribution in [0, 0.1) is 28.5 Å². The Kier molecular flexibility index (Phi) is 7.01. The van der Waals surface area contributed by atoms with Crippen LogP contribution >= 0.6 is 0 Å². The molecule has 2 unspecified atom stereocenters. The molecule has 0 radical (unpaired) electrons. The molecule has 1 aliphatic heterocycles. The highest BCUT2D eigenvalue weighted by Crippen LogP contribution is 2.37. The first-order chi connectivity index (χ1) is 16.5. The smallest absolute Gasteiger partial charge is 0.227 e. The van der Waals surface area contributed by atoms with Gasteiger partial charge in [0.15, 0.2) is 0 Å². The summed E-state index contributed by atoms with van der Waals surface area (Å²) in [6, 6.07) is 6.57. The van der Waals surface area contributed by atoms with Gasteiger partial charge in [-0.15, -0.1) is 0 Å². The number of hydrogen-bond acceptors (Lipinski definition) is 8. The number of nitrogens with two attached hydrogens (primary N) is 1. The van der Waals surface area contributed by atoms with Crippen LogP contribution in [0.5, 0.6) is 0 Å². The third-order valence-corrected chi connectivity index (χ3v) is 6.40. The van der Waals surface area contributed by atoms with Crippen LogP contribution in [0.1, 0.15) is 24.0 Å². The van der Waals surface area contributed by atoms with Crippen molar-refractivity contribution >= 4 is 23.6 Å². The first kappa shape index (κ1) is 23.5. The minimum atomic E-state index is -0.596. The standard InChI is InChI=1S/C25H29FN8/c1-30-21-6-5-15(11-18(21)14-28)22-23(16-3-4-17(13-27)20(26)12-16)32-25(33-24(22)31-2)34-9-7-19(29)8-10-34/h3-6,11-12,14,18-19,21,28,30H,7-10,29H2,1-2H3,(H,31,32,33). The summed E-state index contributed by atoms with van der Waals surface area (Å²) in [5.41, 5.74) is 8.75. The highest BCUT2D eigenvalue weighted by Gasteiger charge is 2.26. The van der Waals surface area contributed by atoms with Gasteiger partial charge in [0.25, 0.3) is 0 Å². The molecular weight excluding hydrogens is 431 g/mol. The topological polar surface area (TPSA) is 127 Å². The van der Waals surface area contributed by atoms with Gasteiger partial charge < -0.3 is 26.7 Å². The fraction of sp³-hybridized carbons (Fsp3) is 0.360. The lowest BCUT2D eigenvalue weighted by atomic mass is 9.88. The zero-order valence-electron chi connectivity index (χ0n) is 19.3. The van der Waals surface area contributed by atoms with E-state index in [1.165, 1.54) is 18.3 Å². The number of halogens is 1. The van der Waals surface area contributed by atoms with E-state index in [2.05, 4.69) is 15.5 Å². The second-order valence-electron chi connectivity index (χ2n) is 8.52. The number of rotatable bonds is 6. The van der Waals surface area contributed by atoms with E-state index in [-0.39, 0.29) is 23.6 Å². The molecule has 0 spiro atoms. The van der Waals surface area contributed by atoms with Crippen LogP contribution < -0.4 is 21.3 Å². The third kappa shape index (κ3) is 4.55. The predicted octanol–water partition coefficient (Wildman–Crippen LogP) is 2.93. The van der Waals surface area contributed by atoms with Gasteiger partial charge in [-0.05, 0) is 37.6 Å². The molecule has 1 aromatic heterocycles. The molecule has 176 valence electrons. The van der Waals surface area contributed by atoms with Crippen molar-refractivity contribution in [2.45, 2.75) is 24.9 Å². The lowest BCUT2D eigenvalue weighted by molar-refractivity contribution is 0.496. The van der Waals surface area contributed by atoms with E-state index in [1.54, 1.807) is 13.1 Å². The van der Waals surface area contributed by atoms with Gasteiger partial charge in [-0.1, -0.05) is 24.3 Å². The molecule has 0 saturated carbocycles. The summed E-state index contributed by atoms with van der Waals surface area (Å²) in [6.07, 6.45) is 9.08. The number of nitrogens with one attached hydrogen (secondary N) is 3. The second-order valence-corrected chi connectivity index (χ2v) is 8.52. The minimum Gasteiger partial charge on any atom is -0.372 e. The van der Waals surface area contributed by atoms with Gasteiger partial charge in [0.1, 0.15) is 17.7 Å². The number of anilines is 2. The van der Waals surface area contributed by atoms with Gasteiger partial charge in [0.05, 0.1) is 16.8 Å². The number of nitriles is 1. The van der Waals surface area contributed by atoms with Crippen LogP contribution in [-0.2, 0) is 0 Å². The summed E-state index contributed by atoms with van der Waals surface area (Å²) < 4.78 is 14.6. The minimum absolute atomic E-state index is 0.00726. The normalized spacial score (nSPS) is 20.6. The predicted molar refractivity (Wildman–Crippen MR) is 133 cm³/mol. The van der Waals surface area contributed by atoms with Crippen molar-refractivity contribution < 1.29 is 4.39 Å². The Morgan fingerprint density at radius 3 is 2.65 bits per heavy atom. The molecular formula is C25H29FN8. The molecule has 4 rings (SSSR count). The molecule has 2 atom stereocenters. The van der Waals surface area contributed by atoms with Crippen LogP contribution in [0.3, 0.4) is 0 Å². The van der Waals surface area contributed by atoms with E-state index in [0.717, 1.165) is 37.1 Å². The van der Waals surface area contributed by atoms with Crippen LogP contribution in [0.25, 0.3) is 16.8 Å². The van der Waals surface area contributed by atoms with Gasteiger partial charge in [-0.2, -0.15) is 10.2 Å². The maximum absolute atomic E-state index is 14.6. The third-order valence-electron chi connectivity index (χ3n) is 6.40. The number of hydrogen-bond donors (Lipinski definition) is 4. The molecule has 1 saturated heterocycles. The van der Waals surface area contributed by atoms with Gasteiger partial charge >= 0.3 is 0 Å². The number of piperidine rings is 1. The molecule has 2 aromatic rings. The second kappa shape index (κ2) is 10.1. The molecule has 1 aliphatic carbocycles. The van der Waals surface area contributed by atoms with Crippen molar-refractivity contribution in [1.82, 2.24) is 15.3 Å². The molecule has 2 aliphatic rings. The summed E-state index contributed by atoms with van der Waals surface area (Å²) in [5, 5.41) is 23.4. The maximum atomic E-state index is 14.6. The lowest BCUT2D eigenvalue weighted by Gasteiger charge is -2.31. The van der Waals surface area contributed by atoms with Crippen LogP contribution in [0.2, 0.25) is 0 Å². The zero-order chi connectivity index (χ0) is 24.2. The summed E-state index contributed by atoms with van der Waals surface area (Å²) in [7, 11) is 3.65. The van der Waals surface area contributed by atoms with Crippen LogP contribution in [-0.4, -0.2) is 55.5 Å². The lowest BCUT2D eigenvalue weighted by Crippen LogP contribution is -2.40. The van der Waals surface area contributed by atoms with Gasteiger partial charge in [-0.3, -0.25) is 0 Å². The Balaban J connectivity index is 1.90. The number of allylic oxidation sites excluding steroid dienone is 2. The van der Waals surface area contributed by atoms with Crippen molar-refractivity contribution in [1.29, 1.82) is 10.7 Å². The highest BCUT2D eigenvalue weighted by atomic mass is 19.1. The average Bonchev–Trinajstić information content (AvgIpc) is 2.87. The zero-order valence-corrected chi connectivity index (χ0v) is 19.3. The van der Waals surface area contributed by atoms with Crippen molar-refractivity contribution in [3.05, 3.63) is 53.4 Å². The quantitative estimate of drug-likeness (QED) is 0.488. The molecule has 2 heterocycles. The average molecular weight is 461 g/mol. The van der Waals surface area contributed by atoms with Crippen LogP contribution in [0.15, 0.2) is 36.4 Å². The van der Waals surface area contributed by atoms with Crippen molar-refractivity contribution in [3.8, 4) is 17.3 Å². The summed E-state index contributed by atoms with van der Waals surface area (Å²) in [4.78, 5) is 11.8. The Bertz CT molecular complexity index is 1170. The van der Waals surface area contributed by atoms with E-state index in [4.69, 9.17) is 21.1 Å². The van der Waals surface area contributed by atoms with Crippen molar-refractivity contribution in [3.63, 3.8) is 0 Å². The fourth-order valence-electron chi connectivity index (χ4n) is 4.42. The van der Waals surface area contributed by atoms with Gasteiger partial charge in [0, 0.05) is 49.9 Å². The molecule has 9 heteroatoms. The van der Waals surface area contributed by atoms with Crippen molar-refractivity contribution in [2.24, 2.45) is 11.7 Å². The Morgan fingerprint density at radius 1 is 1.26 bits per heavy atom. The largest absolute Gasteiger partial charge is 0.372 e. The first-order valence-electron chi connectivity index (χ1n) is 11.4. The van der Waals surface area contributed by atoms with Gasteiger partial charge in [-0.25, -0.2) is 9.37 Å². The van der Waals surface area contributed by atoms with E-state index in [1.807, 2.05) is 31.3 Å². The Labute approximate surface area is 198 Å². The number of aromatic nitrogens is 2. The summed E-state index contributed by atoms with van der Waals surface area (Å²) in [5.74, 6) is 0.421. The van der Waals surface area contributed by atoms with E-state index in [9.17, 15) is 9.65 Å². The maximum Gasteiger partial charge on any atom is 0.227 e. The van der Waals surface area contributed by atoms with E-state index in [0.29, 0.717) is 23.0 Å². The summed E-state index contributed by atoms with van der Waals surface area (Å²) >= 11 is 0. The fourth-order valence-corrected chi connectivity index (χ4v) is 4.42. The monoisotopic (exact) mass is 460 g/mol. The van der Waals surface area contributed by atoms with E-state index >= 15 is 0 Å². The molecule has 0 amide bonds. The molecule has 1 aromatic carbocycles.